The Morgan fingerprint density at radius 1 is 0.828 bits per heavy atom. The number of Topliss-reactive ketones (excluding diaryl/α,β-unsaturated/α-hetero) is 1. The van der Waals surface area contributed by atoms with Gasteiger partial charge < -0.3 is 4.74 Å². The maximum absolute atomic E-state index is 12.9. The van der Waals surface area contributed by atoms with Crippen molar-refractivity contribution < 1.29 is 19.1 Å². The number of anilines is 2. The van der Waals surface area contributed by atoms with Crippen LogP contribution in [0.15, 0.2) is 75.8 Å². The van der Waals surface area contributed by atoms with Crippen LogP contribution in [-0.2, 0) is 14.3 Å². The van der Waals surface area contributed by atoms with E-state index in [2.05, 4.69) is 0 Å². The molecule has 0 fully saturated rings. The normalized spacial score (nSPS) is 12.1. The van der Waals surface area contributed by atoms with E-state index in [1.165, 1.54) is 11.3 Å². The van der Waals surface area contributed by atoms with Gasteiger partial charge in [-0.2, -0.15) is 0 Å². The van der Waals surface area contributed by atoms with Crippen molar-refractivity contribution in [1.29, 1.82) is 0 Å². The number of ketones is 1. The molecule has 3 aromatic rings. The lowest BCUT2D eigenvalue weighted by atomic mass is 10.2. The molecule has 2 heterocycles. The van der Waals surface area contributed by atoms with Crippen LogP contribution in [0.3, 0.4) is 0 Å². The predicted molar refractivity (Wildman–Crippen MR) is 113 cm³/mol. The molecule has 1 aliphatic heterocycles. The Bertz CT molecular complexity index is 1020. The van der Waals surface area contributed by atoms with Crippen molar-refractivity contribution in [3.05, 3.63) is 70.9 Å². The van der Waals surface area contributed by atoms with Crippen molar-refractivity contribution in [3.63, 3.8) is 0 Å². The molecule has 7 heteroatoms. The average Bonchev–Trinajstić information content (AvgIpc) is 3.29. The van der Waals surface area contributed by atoms with E-state index in [9.17, 15) is 14.4 Å². The van der Waals surface area contributed by atoms with Crippen molar-refractivity contribution in [3.8, 4) is 0 Å². The van der Waals surface area contributed by atoms with Gasteiger partial charge in [0.2, 0.25) is 0 Å². The molecule has 29 heavy (non-hydrogen) atoms. The minimum absolute atomic E-state index is 0.0486. The van der Waals surface area contributed by atoms with Crippen molar-refractivity contribution in [2.45, 2.75) is 22.6 Å². The summed E-state index contributed by atoms with van der Waals surface area (Å²) in [5.74, 6) is -0.987. The molecule has 0 unspecified atom stereocenters. The van der Waals surface area contributed by atoms with E-state index in [1.807, 2.05) is 53.9 Å². The number of esters is 1. The number of para-hydroxylation sites is 2. The summed E-state index contributed by atoms with van der Waals surface area (Å²) in [6.45, 7) is -0.376. The first kappa shape index (κ1) is 19.4. The van der Waals surface area contributed by atoms with Gasteiger partial charge in [0.25, 0.3) is 5.91 Å². The average molecular weight is 424 g/mol. The fraction of sp³-hybridized carbons (Fsp3) is 0.136. The first-order valence-electron chi connectivity index (χ1n) is 9.04. The summed E-state index contributed by atoms with van der Waals surface area (Å²) in [6.07, 6.45) is 0.0204. The molecule has 0 N–H and O–H groups in total. The van der Waals surface area contributed by atoms with Crippen LogP contribution in [0.5, 0.6) is 0 Å². The van der Waals surface area contributed by atoms with Crippen LogP contribution in [0, 0.1) is 0 Å². The minimum Gasteiger partial charge on any atom is -0.456 e. The van der Waals surface area contributed by atoms with Gasteiger partial charge in [0, 0.05) is 16.2 Å². The van der Waals surface area contributed by atoms with Crippen LogP contribution >= 0.6 is 23.1 Å². The smallest absolute Gasteiger partial charge is 0.306 e. The van der Waals surface area contributed by atoms with Crippen LogP contribution < -0.4 is 4.90 Å². The number of benzene rings is 2. The predicted octanol–water partition coefficient (Wildman–Crippen LogP) is 5.08. The van der Waals surface area contributed by atoms with Crippen LogP contribution in [-0.4, -0.2) is 24.3 Å². The largest absolute Gasteiger partial charge is 0.456 e. The summed E-state index contributed by atoms with van der Waals surface area (Å²) in [5, 5.41) is 1.82. The molecule has 5 nitrogen and oxygen atoms in total. The second-order valence-corrected chi connectivity index (χ2v) is 8.36. The van der Waals surface area contributed by atoms with Crippen LogP contribution in [0.2, 0.25) is 0 Å². The maximum atomic E-state index is 12.9. The fourth-order valence-electron chi connectivity index (χ4n) is 3.03. The quantitative estimate of drug-likeness (QED) is 0.408. The van der Waals surface area contributed by atoms with E-state index < -0.39 is 5.97 Å². The summed E-state index contributed by atoms with van der Waals surface area (Å²) < 4.78 is 5.17. The van der Waals surface area contributed by atoms with Crippen molar-refractivity contribution in [2.75, 3.05) is 11.5 Å². The van der Waals surface area contributed by atoms with Crippen molar-refractivity contribution >= 4 is 52.1 Å². The summed E-state index contributed by atoms with van der Waals surface area (Å²) in [4.78, 5) is 41.1. The van der Waals surface area contributed by atoms with Gasteiger partial charge in [0.15, 0.2) is 12.4 Å². The second-order valence-electron chi connectivity index (χ2n) is 6.33. The highest BCUT2D eigenvalue weighted by atomic mass is 32.2. The Labute approximate surface area is 176 Å². The van der Waals surface area contributed by atoms with Gasteiger partial charge in [-0.1, -0.05) is 42.1 Å². The number of thiophene rings is 1. The van der Waals surface area contributed by atoms with Gasteiger partial charge in [0.1, 0.15) is 0 Å². The van der Waals surface area contributed by atoms with Gasteiger partial charge >= 0.3 is 5.97 Å². The summed E-state index contributed by atoms with van der Waals surface area (Å²) in [6, 6.07) is 18.8. The monoisotopic (exact) mass is 423 g/mol. The second kappa shape index (κ2) is 8.63. The van der Waals surface area contributed by atoms with Gasteiger partial charge in [-0.15, -0.1) is 11.3 Å². The molecule has 0 saturated carbocycles. The van der Waals surface area contributed by atoms with E-state index in [0.717, 1.165) is 21.2 Å². The summed E-state index contributed by atoms with van der Waals surface area (Å²) in [5.41, 5.74) is 1.54. The molecule has 2 aromatic carbocycles. The van der Waals surface area contributed by atoms with E-state index in [0.29, 0.717) is 4.88 Å². The highest BCUT2D eigenvalue weighted by Gasteiger charge is 2.28. The first-order chi connectivity index (χ1) is 14.1. The topological polar surface area (TPSA) is 63.7 Å². The number of hydrogen-bond donors (Lipinski definition) is 0. The molecular formula is C22H17NO4S2. The van der Waals surface area contributed by atoms with Crippen molar-refractivity contribution in [2.24, 2.45) is 0 Å². The number of fused-ring (bicyclic) bond motifs is 2. The SMILES string of the molecule is O=C(CCC(=O)c1cccs1)OCC(=O)N1c2ccccc2Sc2ccccc21. The Kier molecular flexibility index (Phi) is 5.78. The molecule has 0 atom stereocenters. The number of nitrogens with zero attached hydrogens (tertiary/aromatic N) is 1. The highest BCUT2D eigenvalue weighted by Crippen LogP contribution is 2.47. The fourth-order valence-corrected chi connectivity index (χ4v) is 4.78. The molecule has 4 rings (SSSR count). The zero-order valence-corrected chi connectivity index (χ0v) is 17.0. The van der Waals surface area contributed by atoms with Crippen LogP contribution in [0.4, 0.5) is 11.4 Å². The van der Waals surface area contributed by atoms with Gasteiger partial charge in [-0.25, -0.2) is 0 Å². The lowest BCUT2D eigenvalue weighted by Crippen LogP contribution is -2.32. The number of ether oxygens (including phenoxy) is 1. The Balaban J connectivity index is 1.41. The minimum atomic E-state index is -0.559. The number of rotatable bonds is 6. The lowest BCUT2D eigenvalue weighted by molar-refractivity contribution is -0.147. The molecule has 0 bridgehead atoms. The number of carbonyl (C=O) groups is 3. The summed E-state index contributed by atoms with van der Waals surface area (Å²) >= 11 is 2.94. The zero-order chi connectivity index (χ0) is 20.2. The van der Waals surface area contributed by atoms with Gasteiger partial charge in [-0.05, 0) is 35.7 Å². The molecule has 0 radical (unpaired) electrons. The third-order valence-electron chi connectivity index (χ3n) is 4.39. The zero-order valence-electron chi connectivity index (χ0n) is 15.4. The maximum Gasteiger partial charge on any atom is 0.306 e. The molecule has 1 amide bonds. The molecule has 0 saturated heterocycles. The van der Waals surface area contributed by atoms with E-state index in [1.54, 1.807) is 28.8 Å². The number of amides is 1. The van der Waals surface area contributed by atoms with Gasteiger partial charge in [0.05, 0.1) is 22.7 Å². The molecule has 1 aliphatic rings. The van der Waals surface area contributed by atoms with Crippen LogP contribution in [0.25, 0.3) is 0 Å². The van der Waals surface area contributed by atoms with E-state index >= 15 is 0 Å². The molecular weight excluding hydrogens is 406 g/mol. The Morgan fingerprint density at radius 2 is 1.48 bits per heavy atom. The van der Waals surface area contributed by atoms with Crippen molar-refractivity contribution in [1.82, 2.24) is 0 Å². The van der Waals surface area contributed by atoms with Gasteiger partial charge in [-0.3, -0.25) is 19.3 Å². The lowest BCUT2D eigenvalue weighted by Gasteiger charge is -2.30. The third kappa shape index (κ3) is 4.26. The molecule has 146 valence electrons. The Morgan fingerprint density at radius 3 is 2.10 bits per heavy atom. The number of carbonyl (C=O) groups excluding carboxylic acids is 3. The van der Waals surface area contributed by atoms with E-state index in [-0.39, 0.29) is 31.1 Å². The van der Waals surface area contributed by atoms with Crippen LogP contribution in [0.1, 0.15) is 22.5 Å². The standard InChI is InChI=1S/C22H17NO4S2/c24-17(20-10-5-13-28-20)11-12-22(26)27-14-21(25)23-15-6-1-3-8-18(15)29-19-9-4-2-7-16(19)23/h1-10,13H,11-12,14H2. The van der Waals surface area contributed by atoms with E-state index in [4.69, 9.17) is 4.74 Å². The molecule has 0 aliphatic carbocycles. The highest BCUT2D eigenvalue weighted by molar-refractivity contribution is 7.99. The number of hydrogen-bond acceptors (Lipinski definition) is 6. The molecule has 0 spiro atoms. The molecule has 1 aromatic heterocycles. The summed E-state index contributed by atoms with van der Waals surface area (Å²) in [7, 11) is 0. The Hall–Kier alpha value is -2.90. The third-order valence-corrected chi connectivity index (χ3v) is 6.43. The first-order valence-corrected chi connectivity index (χ1v) is 10.7.